The first-order chi connectivity index (χ1) is 13.9. The molecule has 0 saturated carbocycles. The predicted octanol–water partition coefficient (Wildman–Crippen LogP) is 5.91. The van der Waals surface area contributed by atoms with Crippen LogP contribution in [0.15, 0.2) is 49.0 Å². The molecule has 0 N–H and O–H groups in total. The highest BCUT2D eigenvalue weighted by Crippen LogP contribution is 2.32. The normalized spacial score (nSPS) is 20.0. The number of benzene rings is 2. The molecule has 1 heterocycles. The van der Waals surface area contributed by atoms with Crippen molar-refractivity contribution in [2.24, 2.45) is 0 Å². The lowest BCUT2D eigenvalue weighted by Crippen LogP contribution is -2.56. The molecule has 1 atom stereocenters. The Bertz CT molecular complexity index is 816. The van der Waals surface area contributed by atoms with Gasteiger partial charge >= 0.3 is 0 Å². The van der Waals surface area contributed by atoms with Crippen molar-refractivity contribution in [3.05, 3.63) is 77.4 Å². The van der Waals surface area contributed by atoms with Gasteiger partial charge in [-0.2, -0.15) is 0 Å². The fourth-order valence-electron chi connectivity index (χ4n) is 3.86. The van der Waals surface area contributed by atoms with Gasteiger partial charge in [0.25, 0.3) is 0 Å². The van der Waals surface area contributed by atoms with Crippen LogP contribution in [0, 0.1) is 11.6 Å². The van der Waals surface area contributed by atoms with Gasteiger partial charge in [0.05, 0.1) is 6.61 Å². The Morgan fingerprint density at radius 3 is 2.45 bits per heavy atom. The lowest BCUT2D eigenvalue weighted by molar-refractivity contribution is -0.192. The summed E-state index contributed by atoms with van der Waals surface area (Å²) in [4.78, 5) is 1.91. The molecule has 1 fully saturated rings. The monoisotopic (exact) mass is 403 g/mol. The minimum Gasteiger partial charge on any atom is -0.353 e. The van der Waals surface area contributed by atoms with Gasteiger partial charge in [-0.05, 0) is 55.9 Å². The highest BCUT2D eigenvalue weighted by molar-refractivity contribution is 5.61. The highest BCUT2D eigenvalue weighted by Gasteiger charge is 2.40. The van der Waals surface area contributed by atoms with E-state index in [1.54, 1.807) is 6.92 Å². The minimum absolute atomic E-state index is 0.0244. The molecule has 29 heavy (non-hydrogen) atoms. The molecule has 156 valence electrons. The lowest BCUT2D eigenvalue weighted by atomic mass is 9.97. The van der Waals surface area contributed by atoms with Crippen LogP contribution in [0.5, 0.6) is 0 Å². The van der Waals surface area contributed by atoms with E-state index in [4.69, 9.17) is 4.74 Å². The molecule has 0 radical (unpaired) electrons. The summed E-state index contributed by atoms with van der Waals surface area (Å²) in [6.07, 6.45) is 2.50. The Morgan fingerprint density at radius 1 is 1.14 bits per heavy atom. The number of hydrogen-bond donors (Lipinski definition) is 0. The van der Waals surface area contributed by atoms with Crippen molar-refractivity contribution in [2.45, 2.75) is 44.9 Å². The zero-order valence-corrected chi connectivity index (χ0v) is 16.9. The fourth-order valence-corrected chi connectivity index (χ4v) is 3.86. The fraction of sp³-hybridized carbons (Fsp3) is 0.417. The molecule has 2 aromatic carbocycles. The van der Waals surface area contributed by atoms with Crippen LogP contribution in [0.4, 0.5) is 13.2 Å². The van der Waals surface area contributed by atoms with Crippen molar-refractivity contribution >= 4 is 5.57 Å². The van der Waals surface area contributed by atoms with Crippen LogP contribution < -0.4 is 0 Å². The maximum atomic E-state index is 14.5. The average molecular weight is 403 g/mol. The van der Waals surface area contributed by atoms with Crippen molar-refractivity contribution in [3.63, 3.8) is 0 Å². The van der Waals surface area contributed by atoms with Crippen molar-refractivity contribution < 1.29 is 17.9 Å². The number of nitrogens with zero attached hydrogens (tertiary/aromatic N) is 1. The topological polar surface area (TPSA) is 12.5 Å². The summed E-state index contributed by atoms with van der Waals surface area (Å²) in [6.45, 7) is 6.07. The van der Waals surface area contributed by atoms with Crippen LogP contribution in [0.1, 0.15) is 42.9 Å². The van der Waals surface area contributed by atoms with Gasteiger partial charge in [0.1, 0.15) is 18.3 Å². The third-order valence-electron chi connectivity index (χ3n) is 5.65. The molecule has 2 nitrogen and oxygen atoms in total. The van der Waals surface area contributed by atoms with E-state index in [9.17, 15) is 13.2 Å². The molecule has 0 amide bonds. The van der Waals surface area contributed by atoms with E-state index in [0.717, 1.165) is 18.4 Å². The van der Waals surface area contributed by atoms with Crippen molar-refractivity contribution in [2.75, 3.05) is 19.8 Å². The molecule has 3 rings (SSSR count). The molecule has 1 aliphatic heterocycles. The van der Waals surface area contributed by atoms with Gasteiger partial charge in [-0.25, -0.2) is 13.2 Å². The van der Waals surface area contributed by atoms with E-state index < -0.39 is 24.0 Å². The number of alkyl halides is 1. The molecule has 1 saturated heterocycles. The molecule has 0 aromatic heterocycles. The second-order valence-electron chi connectivity index (χ2n) is 7.75. The Labute approximate surface area is 171 Å². The van der Waals surface area contributed by atoms with Crippen molar-refractivity contribution in [3.8, 4) is 0 Å². The molecule has 0 aliphatic carbocycles. The highest BCUT2D eigenvalue weighted by atomic mass is 19.1. The maximum absolute atomic E-state index is 14.5. The van der Waals surface area contributed by atoms with Gasteiger partial charge in [0.15, 0.2) is 5.72 Å². The smallest absolute Gasteiger partial charge is 0.150 e. The average Bonchev–Trinajstić information content (AvgIpc) is 2.73. The Balaban J connectivity index is 1.73. The van der Waals surface area contributed by atoms with Crippen molar-refractivity contribution in [1.82, 2.24) is 4.90 Å². The molecule has 0 bridgehead atoms. The molecule has 1 aliphatic rings. The third-order valence-corrected chi connectivity index (χ3v) is 5.65. The summed E-state index contributed by atoms with van der Waals surface area (Å²) in [5, 5.41) is 0. The summed E-state index contributed by atoms with van der Waals surface area (Å²) >= 11 is 0. The Kier molecular flexibility index (Phi) is 7.14. The summed E-state index contributed by atoms with van der Waals surface area (Å²) in [7, 11) is 0. The molecular weight excluding hydrogens is 375 g/mol. The maximum Gasteiger partial charge on any atom is 0.150 e. The van der Waals surface area contributed by atoms with E-state index in [-0.39, 0.29) is 12.0 Å². The first-order valence-electron chi connectivity index (χ1n) is 10.1. The Morgan fingerprint density at radius 2 is 1.83 bits per heavy atom. The van der Waals surface area contributed by atoms with Crippen molar-refractivity contribution in [1.29, 1.82) is 0 Å². The number of halogens is 3. The van der Waals surface area contributed by atoms with E-state index in [0.29, 0.717) is 37.3 Å². The zero-order valence-electron chi connectivity index (χ0n) is 16.9. The minimum atomic E-state index is -1.04. The number of piperidine rings is 1. The number of allylic oxidation sites excluding steroid dienone is 1. The molecular formula is C24H28F3NO. The SMILES string of the molecule is C=C(C)c1cc(F)c(CCN2CCCCC2(CF)OCc2ccccc2)c(F)c1. The van der Waals surface area contributed by atoms with Gasteiger partial charge in [0, 0.05) is 18.7 Å². The van der Waals surface area contributed by atoms with E-state index >= 15 is 0 Å². The molecule has 2 aromatic rings. The summed E-state index contributed by atoms with van der Waals surface area (Å²) in [6, 6.07) is 12.2. The Hall–Kier alpha value is -2.11. The zero-order chi connectivity index (χ0) is 20.9. The quantitative estimate of drug-likeness (QED) is 0.543. The van der Waals surface area contributed by atoms with Crippen LogP contribution in [-0.4, -0.2) is 30.4 Å². The first kappa shape index (κ1) is 21.6. The van der Waals surface area contributed by atoms with Crippen LogP contribution in [0.2, 0.25) is 0 Å². The summed E-state index contributed by atoms with van der Waals surface area (Å²) in [5.41, 5.74) is 1.01. The number of rotatable bonds is 8. The van der Waals surface area contributed by atoms with Crippen LogP contribution in [0.25, 0.3) is 5.57 Å². The predicted molar refractivity (Wildman–Crippen MR) is 110 cm³/mol. The van der Waals surface area contributed by atoms with Crippen LogP contribution in [0.3, 0.4) is 0 Å². The number of likely N-dealkylation sites (tertiary alicyclic amines) is 1. The second kappa shape index (κ2) is 9.59. The van der Waals surface area contributed by atoms with Gasteiger partial charge in [0.2, 0.25) is 0 Å². The first-order valence-corrected chi connectivity index (χ1v) is 10.1. The van der Waals surface area contributed by atoms with Gasteiger partial charge < -0.3 is 4.74 Å². The molecule has 1 unspecified atom stereocenters. The van der Waals surface area contributed by atoms with E-state index in [1.165, 1.54) is 12.1 Å². The van der Waals surface area contributed by atoms with Gasteiger partial charge in [-0.1, -0.05) is 42.5 Å². The largest absolute Gasteiger partial charge is 0.353 e. The standard InChI is InChI=1S/C24H28F3NO/c1-18(2)20-14-22(26)21(23(27)15-20)10-13-28-12-7-6-11-24(28,17-25)29-16-19-8-4-3-5-9-19/h3-5,8-9,14-15H,1,6-7,10-13,16-17H2,2H3. The van der Waals surface area contributed by atoms with Crippen LogP contribution in [-0.2, 0) is 17.8 Å². The lowest BCUT2D eigenvalue weighted by Gasteiger charge is -2.45. The van der Waals surface area contributed by atoms with E-state index in [1.807, 2.05) is 35.2 Å². The summed E-state index contributed by atoms with van der Waals surface area (Å²) in [5.74, 6) is -1.17. The number of hydrogen-bond acceptors (Lipinski definition) is 2. The summed E-state index contributed by atoms with van der Waals surface area (Å²) < 4.78 is 49.2. The van der Waals surface area contributed by atoms with Gasteiger partial charge in [-0.15, -0.1) is 0 Å². The second-order valence-corrected chi connectivity index (χ2v) is 7.75. The van der Waals surface area contributed by atoms with Crippen LogP contribution >= 0.6 is 0 Å². The molecule has 0 spiro atoms. The van der Waals surface area contributed by atoms with Gasteiger partial charge in [-0.3, -0.25) is 4.90 Å². The van der Waals surface area contributed by atoms with E-state index in [2.05, 4.69) is 6.58 Å². The third kappa shape index (κ3) is 5.09. The number of ether oxygens (including phenoxy) is 1. The molecule has 5 heteroatoms.